The summed E-state index contributed by atoms with van der Waals surface area (Å²) in [6.07, 6.45) is 0. The smallest absolute Gasteiger partial charge is 0.338 e. The monoisotopic (exact) mass is 327 g/mol. The largest absolute Gasteiger partial charge is 0.467 e. The number of hydrogen-bond acceptors (Lipinski definition) is 6. The second-order valence-electron chi connectivity index (χ2n) is 5.95. The summed E-state index contributed by atoms with van der Waals surface area (Å²) in [5.74, 6) is -0.462. The van der Waals surface area contributed by atoms with Gasteiger partial charge in [0.1, 0.15) is 5.75 Å². The molecule has 0 saturated heterocycles. The number of rotatable bonds is 8. The summed E-state index contributed by atoms with van der Waals surface area (Å²) < 4.78 is 15.3. The molecular formula is C14H21NO6Si. The average molecular weight is 327 g/mol. The molecule has 1 rings (SSSR count). The number of non-ortho nitro benzene ring substituents is 1. The van der Waals surface area contributed by atoms with Gasteiger partial charge >= 0.3 is 5.97 Å². The van der Waals surface area contributed by atoms with Crippen molar-refractivity contribution in [2.45, 2.75) is 25.7 Å². The Hall–Kier alpha value is -1.93. The Bertz CT molecular complexity index is 541. The van der Waals surface area contributed by atoms with E-state index in [4.69, 9.17) is 9.47 Å². The summed E-state index contributed by atoms with van der Waals surface area (Å²) in [6, 6.07) is 4.78. The molecule has 0 heterocycles. The summed E-state index contributed by atoms with van der Waals surface area (Å²) in [6.45, 7) is 7.27. The Kier molecular flexibility index (Phi) is 6.51. The Morgan fingerprint density at radius 2 is 1.95 bits per heavy atom. The molecule has 0 radical (unpaired) electrons. The summed E-state index contributed by atoms with van der Waals surface area (Å²) in [7, 11) is 0.0393. The molecular weight excluding hydrogens is 306 g/mol. The van der Waals surface area contributed by atoms with Crippen LogP contribution in [0.4, 0.5) is 5.69 Å². The maximum Gasteiger partial charge on any atom is 0.338 e. The van der Waals surface area contributed by atoms with Crippen LogP contribution in [0.5, 0.6) is 5.75 Å². The topological polar surface area (TPSA) is 87.9 Å². The minimum absolute atomic E-state index is 0.0216. The van der Waals surface area contributed by atoms with E-state index < -0.39 is 19.0 Å². The first-order valence-corrected chi connectivity index (χ1v) is 10.5. The molecule has 0 aliphatic carbocycles. The number of ether oxygens (including phenoxy) is 3. The van der Waals surface area contributed by atoms with Gasteiger partial charge in [-0.05, 0) is 12.1 Å². The van der Waals surface area contributed by atoms with Crippen molar-refractivity contribution in [1.29, 1.82) is 0 Å². The third kappa shape index (κ3) is 6.23. The quantitative estimate of drug-likeness (QED) is 0.182. The number of carbonyl (C=O) groups is 1. The van der Waals surface area contributed by atoms with E-state index in [9.17, 15) is 14.9 Å². The van der Waals surface area contributed by atoms with Gasteiger partial charge in [0.2, 0.25) is 0 Å². The number of nitro benzene ring substituents is 1. The molecule has 0 unspecified atom stereocenters. The van der Waals surface area contributed by atoms with E-state index in [1.54, 1.807) is 0 Å². The molecule has 0 bridgehead atoms. The van der Waals surface area contributed by atoms with Gasteiger partial charge in [-0.1, -0.05) is 19.6 Å². The van der Waals surface area contributed by atoms with Crippen LogP contribution in [0.3, 0.4) is 0 Å². The number of nitrogens with zero attached hydrogens (tertiary/aromatic N) is 1. The van der Waals surface area contributed by atoms with Crippen molar-refractivity contribution >= 4 is 19.7 Å². The highest BCUT2D eigenvalue weighted by molar-refractivity contribution is 6.76. The number of methoxy groups -OCH3 is 1. The average Bonchev–Trinajstić information content (AvgIpc) is 2.44. The van der Waals surface area contributed by atoms with Crippen LogP contribution in [0.25, 0.3) is 0 Å². The van der Waals surface area contributed by atoms with Gasteiger partial charge in [0.05, 0.1) is 23.7 Å². The molecule has 0 aromatic heterocycles. The van der Waals surface area contributed by atoms with Crippen LogP contribution in [-0.2, 0) is 9.47 Å². The molecule has 0 fully saturated rings. The molecule has 0 N–H and O–H groups in total. The van der Waals surface area contributed by atoms with Crippen molar-refractivity contribution in [2.24, 2.45) is 0 Å². The lowest BCUT2D eigenvalue weighted by Gasteiger charge is -2.15. The molecule has 8 heteroatoms. The highest BCUT2D eigenvalue weighted by atomic mass is 28.3. The normalized spacial score (nSPS) is 11.1. The van der Waals surface area contributed by atoms with Crippen molar-refractivity contribution in [3.63, 3.8) is 0 Å². The van der Waals surface area contributed by atoms with Crippen molar-refractivity contribution in [3.05, 3.63) is 33.9 Å². The van der Waals surface area contributed by atoms with Crippen molar-refractivity contribution < 1.29 is 23.9 Å². The second kappa shape index (κ2) is 7.90. The predicted molar refractivity (Wildman–Crippen MR) is 84.0 cm³/mol. The third-order valence-electron chi connectivity index (χ3n) is 2.83. The highest BCUT2D eigenvalue weighted by Crippen LogP contribution is 2.23. The van der Waals surface area contributed by atoms with E-state index in [-0.39, 0.29) is 23.8 Å². The summed E-state index contributed by atoms with van der Waals surface area (Å²) in [5.41, 5.74) is -0.172. The zero-order valence-electron chi connectivity index (χ0n) is 13.3. The van der Waals surface area contributed by atoms with Gasteiger partial charge in [0, 0.05) is 20.7 Å². The molecule has 7 nitrogen and oxygen atoms in total. The molecule has 0 spiro atoms. The first-order chi connectivity index (χ1) is 10.2. The van der Waals surface area contributed by atoms with Crippen LogP contribution in [0, 0.1) is 10.1 Å². The maximum atomic E-state index is 11.5. The van der Waals surface area contributed by atoms with Gasteiger partial charge in [0.15, 0.2) is 6.79 Å². The standard InChI is InChI=1S/C14H21NO6Si/c1-19-14(16)11-7-12(15(17)18)9-13(8-11)21-10-20-5-6-22(2,3)4/h7-9H,5-6,10H2,1-4H3. The Balaban J connectivity index is 2.67. The molecule has 1 aromatic rings. The van der Waals surface area contributed by atoms with Crippen LogP contribution in [0.15, 0.2) is 18.2 Å². The lowest BCUT2D eigenvalue weighted by atomic mass is 10.2. The van der Waals surface area contributed by atoms with Crippen molar-refractivity contribution in [2.75, 3.05) is 20.5 Å². The fraction of sp³-hybridized carbons (Fsp3) is 0.500. The third-order valence-corrected chi connectivity index (χ3v) is 4.53. The first kappa shape index (κ1) is 18.1. The number of carbonyl (C=O) groups excluding carboxylic acids is 1. The predicted octanol–water partition coefficient (Wildman–Crippen LogP) is 3.07. The summed E-state index contributed by atoms with van der Waals surface area (Å²) in [5, 5.41) is 10.9. The number of esters is 1. The van der Waals surface area contributed by atoms with Crippen LogP contribution in [0.1, 0.15) is 10.4 Å². The van der Waals surface area contributed by atoms with Gasteiger partial charge in [-0.15, -0.1) is 0 Å². The minimum atomic E-state index is -1.17. The zero-order chi connectivity index (χ0) is 16.8. The zero-order valence-corrected chi connectivity index (χ0v) is 14.3. The Labute approximate surface area is 130 Å². The van der Waals surface area contributed by atoms with Crippen LogP contribution < -0.4 is 4.74 Å². The number of hydrogen-bond donors (Lipinski definition) is 0. The molecule has 0 aliphatic rings. The summed E-state index contributed by atoms with van der Waals surface area (Å²) in [4.78, 5) is 21.8. The van der Waals surface area contributed by atoms with E-state index in [1.165, 1.54) is 19.2 Å². The maximum absolute atomic E-state index is 11.5. The van der Waals surface area contributed by atoms with E-state index >= 15 is 0 Å². The van der Waals surface area contributed by atoms with E-state index in [2.05, 4.69) is 24.4 Å². The fourth-order valence-electron chi connectivity index (χ4n) is 1.55. The van der Waals surface area contributed by atoms with Gasteiger partial charge in [0.25, 0.3) is 5.69 Å². The summed E-state index contributed by atoms with van der Waals surface area (Å²) >= 11 is 0. The van der Waals surface area contributed by atoms with Gasteiger partial charge in [-0.25, -0.2) is 4.79 Å². The Morgan fingerprint density at radius 1 is 1.27 bits per heavy atom. The number of nitro groups is 1. The minimum Gasteiger partial charge on any atom is -0.467 e. The van der Waals surface area contributed by atoms with Crippen LogP contribution >= 0.6 is 0 Å². The van der Waals surface area contributed by atoms with Crippen LogP contribution in [0.2, 0.25) is 25.7 Å². The first-order valence-electron chi connectivity index (χ1n) is 6.81. The second-order valence-corrected chi connectivity index (χ2v) is 11.6. The lowest BCUT2D eigenvalue weighted by molar-refractivity contribution is -0.385. The highest BCUT2D eigenvalue weighted by Gasteiger charge is 2.16. The van der Waals surface area contributed by atoms with Gasteiger partial charge in [-0.3, -0.25) is 10.1 Å². The fourth-order valence-corrected chi connectivity index (χ4v) is 2.31. The molecule has 1 aromatic carbocycles. The molecule has 22 heavy (non-hydrogen) atoms. The Morgan fingerprint density at radius 3 is 2.50 bits per heavy atom. The van der Waals surface area contributed by atoms with E-state index in [0.717, 1.165) is 12.1 Å². The lowest BCUT2D eigenvalue weighted by Crippen LogP contribution is -2.22. The molecule has 0 amide bonds. The van der Waals surface area contributed by atoms with Crippen molar-refractivity contribution in [3.8, 4) is 5.75 Å². The SMILES string of the molecule is COC(=O)c1cc(OCOCC[Si](C)(C)C)cc([N+](=O)[O-])c1. The van der Waals surface area contributed by atoms with E-state index in [1.807, 2.05) is 0 Å². The molecule has 0 saturated carbocycles. The molecule has 0 aliphatic heterocycles. The van der Waals surface area contributed by atoms with Crippen molar-refractivity contribution in [1.82, 2.24) is 0 Å². The number of benzene rings is 1. The van der Waals surface area contributed by atoms with E-state index in [0.29, 0.717) is 6.61 Å². The van der Waals surface area contributed by atoms with Gasteiger partial charge < -0.3 is 14.2 Å². The van der Waals surface area contributed by atoms with Crippen LogP contribution in [-0.4, -0.2) is 39.5 Å². The van der Waals surface area contributed by atoms with Gasteiger partial charge in [-0.2, -0.15) is 0 Å². The molecule has 122 valence electrons. The molecule has 0 atom stereocenters.